The smallest absolute Gasteiger partial charge is 0.254 e. The highest BCUT2D eigenvalue weighted by atomic mass is 16.5. The van der Waals surface area contributed by atoms with E-state index in [1.165, 1.54) is 19.3 Å². The van der Waals surface area contributed by atoms with Crippen molar-refractivity contribution in [3.63, 3.8) is 0 Å². The summed E-state index contributed by atoms with van der Waals surface area (Å²) in [6.07, 6.45) is 5.90. The summed E-state index contributed by atoms with van der Waals surface area (Å²) in [6, 6.07) is 7.96. The Morgan fingerprint density at radius 3 is 2.82 bits per heavy atom. The second kappa shape index (κ2) is 7.14. The van der Waals surface area contributed by atoms with Crippen LogP contribution in [0.4, 0.5) is 0 Å². The Bertz CT molecular complexity index is 512. The van der Waals surface area contributed by atoms with Crippen LogP contribution in [0.1, 0.15) is 42.5 Å². The van der Waals surface area contributed by atoms with Crippen molar-refractivity contribution in [2.45, 2.75) is 38.1 Å². The second-order valence-electron chi connectivity index (χ2n) is 6.38. The number of ether oxygens (including phenoxy) is 1. The van der Waals surface area contributed by atoms with Gasteiger partial charge in [0.1, 0.15) is 5.75 Å². The molecule has 4 nitrogen and oxygen atoms in total. The van der Waals surface area contributed by atoms with E-state index in [9.17, 15) is 4.79 Å². The Morgan fingerprint density at radius 2 is 2.05 bits per heavy atom. The number of nitrogens with one attached hydrogen (secondary N) is 1. The Morgan fingerprint density at radius 1 is 1.23 bits per heavy atom. The summed E-state index contributed by atoms with van der Waals surface area (Å²) in [6.45, 7) is 3.06. The van der Waals surface area contributed by atoms with Gasteiger partial charge < -0.3 is 15.0 Å². The molecule has 0 aromatic heterocycles. The minimum Gasteiger partial charge on any atom is -0.497 e. The predicted octanol–water partition coefficient (Wildman–Crippen LogP) is 2.69. The first-order chi connectivity index (χ1) is 10.8. The van der Waals surface area contributed by atoms with Gasteiger partial charge in [0.15, 0.2) is 0 Å². The van der Waals surface area contributed by atoms with Crippen molar-refractivity contribution < 1.29 is 9.53 Å². The molecule has 4 heteroatoms. The molecule has 2 fully saturated rings. The van der Waals surface area contributed by atoms with E-state index < -0.39 is 0 Å². The van der Waals surface area contributed by atoms with Crippen molar-refractivity contribution in [3.8, 4) is 5.75 Å². The highest BCUT2D eigenvalue weighted by Gasteiger charge is 2.33. The summed E-state index contributed by atoms with van der Waals surface area (Å²) >= 11 is 0. The maximum absolute atomic E-state index is 13.0. The second-order valence-corrected chi connectivity index (χ2v) is 6.38. The van der Waals surface area contributed by atoms with Crippen LogP contribution in [-0.2, 0) is 0 Å². The molecular formula is C18H26N2O2. The van der Waals surface area contributed by atoms with E-state index in [4.69, 9.17) is 4.74 Å². The molecule has 22 heavy (non-hydrogen) atoms. The number of rotatable bonds is 3. The van der Waals surface area contributed by atoms with Crippen LogP contribution in [0, 0.1) is 5.92 Å². The van der Waals surface area contributed by atoms with Crippen molar-refractivity contribution in [3.05, 3.63) is 29.8 Å². The fourth-order valence-electron chi connectivity index (χ4n) is 3.85. The Hall–Kier alpha value is -1.55. The van der Waals surface area contributed by atoms with Crippen LogP contribution < -0.4 is 10.1 Å². The number of carbonyl (C=O) groups excluding carboxylic acids is 1. The number of hydrogen-bond acceptors (Lipinski definition) is 3. The molecule has 3 rings (SSSR count). The lowest BCUT2D eigenvalue weighted by Gasteiger charge is -2.42. The zero-order valence-electron chi connectivity index (χ0n) is 13.4. The van der Waals surface area contributed by atoms with Gasteiger partial charge in [0, 0.05) is 18.2 Å². The molecule has 0 spiro atoms. The summed E-state index contributed by atoms with van der Waals surface area (Å²) in [4.78, 5) is 15.1. The number of carbonyl (C=O) groups is 1. The summed E-state index contributed by atoms with van der Waals surface area (Å²) in [7, 11) is 1.64. The Labute approximate surface area is 132 Å². The third-order valence-electron chi connectivity index (χ3n) is 5.05. The summed E-state index contributed by atoms with van der Waals surface area (Å²) in [5, 5.41) is 3.42. The zero-order valence-corrected chi connectivity index (χ0v) is 13.4. The van der Waals surface area contributed by atoms with E-state index in [-0.39, 0.29) is 5.91 Å². The molecule has 2 saturated heterocycles. The van der Waals surface area contributed by atoms with Crippen molar-refractivity contribution in [2.75, 3.05) is 26.7 Å². The number of hydrogen-bond donors (Lipinski definition) is 1. The molecule has 2 aliphatic rings. The zero-order chi connectivity index (χ0) is 15.4. The molecule has 0 aliphatic carbocycles. The predicted molar refractivity (Wildman–Crippen MR) is 87.3 cm³/mol. The number of amides is 1. The summed E-state index contributed by atoms with van der Waals surface area (Å²) < 4.78 is 5.26. The first-order valence-corrected chi connectivity index (χ1v) is 8.45. The molecule has 1 aromatic rings. The molecule has 1 N–H and O–H groups in total. The molecule has 0 unspecified atom stereocenters. The molecule has 1 aromatic carbocycles. The lowest BCUT2D eigenvalue weighted by molar-refractivity contribution is 0.0475. The van der Waals surface area contributed by atoms with Crippen LogP contribution in [0.5, 0.6) is 5.75 Å². The third kappa shape index (κ3) is 3.27. The molecule has 1 amide bonds. The van der Waals surface area contributed by atoms with Gasteiger partial charge in [0.25, 0.3) is 5.91 Å². The molecular weight excluding hydrogens is 276 g/mol. The lowest BCUT2D eigenvalue weighted by atomic mass is 9.84. The number of benzene rings is 1. The molecule has 0 saturated carbocycles. The van der Waals surface area contributed by atoms with Crippen LogP contribution in [-0.4, -0.2) is 43.6 Å². The highest BCUT2D eigenvalue weighted by Crippen LogP contribution is 2.30. The van der Waals surface area contributed by atoms with Gasteiger partial charge in [0.2, 0.25) is 0 Å². The minimum atomic E-state index is 0.169. The van der Waals surface area contributed by atoms with Gasteiger partial charge in [-0.1, -0.05) is 6.07 Å². The SMILES string of the molecule is COc1cccc(C(=O)N2CCCC[C@H]2C2CCNCC2)c1. The third-order valence-corrected chi connectivity index (χ3v) is 5.05. The quantitative estimate of drug-likeness (QED) is 0.933. The van der Waals surface area contributed by atoms with Gasteiger partial charge in [-0.3, -0.25) is 4.79 Å². The van der Waals surface area contributed by atoms with Crippen molar-refractivity contribution >= 4 is 5.91 Å². The lowest BCUT2D eigenvalue weighted by Crippen LogP contribution is -2.49. The molecule has 0 radical (unpaired) electrons. The fraction of sp³-hybridized carbons (Fsp3) is 0.611. The molecule has 1 atom stereocenters. The first-order valence-electron chi connectivity index (χ1n) is 8.45. The largest absolute Gasteiger partial charge is 0.497 e. The van der Waals surface area contributed by atoms with E-state index in [1.54, 1.807) is 7.11 Å². The van der Waals surface area contributed by atoms with E-state index in [1.807, 2.05) is 24.3 Å². The molecule has 2 heterocycles. The van der Waals surface area contributed by atoms with Crippen LogP contribution in [0.15, 0.2) is 24.3 Å². The van der Waals surface area contributed by atoms with Gasteiger partial charge in [-0.05, 0) is 69.3 Å². The monoisotopic (exact) mass is 302 g/mol. The minimum absolute atomic E-state index is 0.169. The Balaban J connectivity index is 1.78. The summed E-state index contributed by atoms with van der Waals surface area (Å²) in [5.41, 5.74) is 0.750. The molecule has 2 aliphatic heterocycles. The maximum atomic E-state index is 13.0. The van der Waals surface area contributed by atoms with Crippen LogP contribution >= 0.6 is 0 Å². The number of methoxy groups -OCH3 is 1. The molecule has 0 bridgehead atoms. The van der Waals surface area contributed by atoms with Gasteiger partial charge in [0.05, 0.1) is 7.11 Å². The normalized spacial score (nSPS) is 23.3. The maximum Gasteiger partial charge on any atom is 0.254 e. The van der Waals surface area contributed by atoms with Crippen LogP contribution in [0.25, 0.3) is 0 Å². The van der Waals surface area contributed by atoms with Crippen LogP contribution in [0.2, 0.25) is 0 Å². The van der Waals surface area contributed by atoms with E-state index in [0.29, 0.717) is 12.0 Å². The highest BCUT2D eigenvalue weighted by molar-refractivity contribution is 5.94. The number of piperidine rings is 2. The standard InChI is InChI=1S/C18H26N2O2/c1-22-16-6-4-5-15(13-16)18(21)20-12-3-2-7-17(20)14-8-10-19-11-9-14/h4-6,13-14,17,19H,2-3,7-12H2,1H3/t17-/m0/s1. The molecule has 120 valence electrons. The average molecular weight is 302 g/mol. The topological polar surface area (TPSA) is 41.6 Å². The fourth-order valence-corrected chi connectivity index (χ4v) is 3.85. The van der Waals surface area contributed by atoms with Gasteiger partial charge >= 0.3 is 0 Å². The van der Waals surface area contributed by atoms with E-state index in [2.05, 4.69) is 10.2 Å². The van der Waals surface area contributed by atoms with E-state index >= 15 is 0 Å². The van der Waals surface area contributed by atoms with Gasteiger partial charge in [-0.2, -0.15) is 0 Å². The Kier molecular flexibility index (Phi) is 4.98. The average Bonchev–Trinajstić information content (AvgIpc) is 2.62. The van der Waals surface area contributed by atoms with Gasteiger partial charge in [-0.15, -0.1) is 0 Å². The van der Waals surface area contributed by atoms with Crippen LogP contribution in [0.3, 0.4) is 0 Å². The van der Waals surface area contributed by atoms with Crippen molar-refractivity contribution in [1.82, 2.24) is 10.2 Å². The number of nitrogens with zero attached hydrogens (tertiary/aromatic N) is 1. The van der Waals surface area contributed by atoms with E-state index in [0.717, 1.165) is 43.8 Å². The first kappa shape index (κ1) is 15.3. The van der Waals surface area contributed by atoms with Crippen molar-refractivity contribution in [2.24, 2.45) is 5.92 Å². The summed E-state index contributed by atoms with van der Waals surface area (Å²) in [5.74, 6) is 1.57. The number of likely N-dealkylation sites (tertiary alicyclic amines) is 1. The van der Waals surface area contributed by atoms with Gasteiger partial charge in [-0.25, -0.2) is 0 Å². The van der Waals surface area contributed by atoms with Crippen molar-refractivity contribution in [1.29, 1.82) is 0 Å².